The third-order valence-corrected chi connectivity index (χ3v) is 5.29. The molecule has 1 heterocycles. The molecule has 0 bridgehead atoms. The van der Waals surface area contributed by atoms with Gasteiger partial charge in [-0.2, -0.15) is 0 Å². The lowest BCUT2D eigenvalue weighted by atomic mass is 10.1. The Morgan fingerprint density at radius 3 is 2.95 bits per heavy atom. The van der Waals surface area contributed by atoms with Crippen molar-refractivity contribution in [3.05, 3.63) is 39.5 Å². The van der Waals surface area contributed by atoms with Crippen LogP contribution in [0.15, 0.2) is 28.9 Å². The summed E-state index contributed by atoms with van der Waals surface area (Å²) >= 11 is 9.70. The van der Waals surface area contributed by atoms with Crippen LogP contribution in [0.25, 0.3) is 0 Å². The van der Waals surface area contributed by atoms with Gasteiger partial charge in [-0.3, -0.25) is 4.79 Å². The fraction of sp³-hybridized carbons (Fsp3) is 0.400. The van der Waals surface area contributed by atoms with Gasteiger partial charge in [0.1, 0.15) is 0 Å². The number of amides is 1. The first kappa shape index (κ1) is 15.4. The van der Waals surface area contributed by atoms with Gasteiger partial charge in [0.25, 0.3) is 0 Å². The van der Waals surface area contributed by atoms with Gasteiger partial charge in [-0.05, 0) is 53.4 Å². The summed E-state index contributed by atoms with van der Waals surface area (Å²) in [6, 6.07) is 4.02. The summed E-state index contributed by atoms with van der Waals surface area (Å²) in [5.41, 5.74) is 2.94. The molecular weight excluding hydrogens is 340 g/mol. The standard InChI is InChI=1S/C15H18BrClN2O/c1-10-13(7-6-12(16)15(10)17)18(3)11(2)14-5-4-8-19(14)9-20/h6-7,9,14H,2,4-5,8H2,1,3H3. The average molecular weight is 358 g/mol. The van der Waals surface area contributed by atoms with Gasteiger partial charge in [0.15, 0.2) is 0 Å². The summed E-state index contributed by atoms with van der Waals surface area (Å²) in [5.74, 6) is 0. The van der Waals surface area contributed by atoms with Crippen molar-refractivity contribution in [2.24, 2.45) is 0 Å². The zero-order valence-electron chi connectivity index (χ0n) is 11.7. The van der Waals surface area contributed by atoms with Crippen molar-refractivity contribution in [1.82, 2.24) is 4.90 Å². The topological polar surface area (TPSA) is 23.6 Å². The van der Waals surface area contributed by atoms with E-state index in [0.717, 1.165) is 47.2 Å². The summed E-state index contributed by atoms with van der Waals surface area (Å²) in [6.07, 6.45) is 2.90. The zero-order valence-corrected chi connectivity index (χ0v) is 14.0. The highest BCUT2D eigenvalue weighted by atomic mass is 79.9. The predicted molar refractivity (Wildman–Crippen MR) is 87.2 cm³/mol. The van der Waals surface area contributed by atoms with Crippen molar-refractivity contribution in [1.29, 1.82) is 0 Å². The van der Waals surface area contributed by atoms with Crippen molar-refractivity contribution < 1.29 is 4.79 Å². The molecule has 0 aromatic heterocycles. The van der Waals surface area contributed by atoms with E-state index in [2.05, 4.69) is 22.5 Å². The van der Waals surface area contributed by atoms with Crippen LogP contribution in [0.4, 0.5) is 5.69 Å². The summed E-state index contributed by atoms with van der Waals surface area (Å²) in [4.78, 5) is 14.9. The third kappa shape index (κ3) is 2.72. The van der Waals surface area contributed by atoms with Gasteiger partial charge in [0.2, 0.25) is 6.41 Å². The number of likely N-dealkylation sites (N-methyl/N-ethyl adjacent to an activating group) is 1. The van der Waals surface area contributed by atoms with Crippen molar-refractivity contribution >= 4 is 39.6 Å². The third-order valence-electron chi connectivity index (χ3n) is 3.92. The first-order valence-electron chi connectivity index (χ1n) is 6.55. The maximum atomic E-state index is 11.1. The Morgan fingerprint density at radius 1 is 1.60 bits per heavy atom. The Hall–Kier alpha value is -1.000. The molecule has 1 aromatic carbocycles. The van der Waals surface area contributed by atoms with Crippen molar-refractivity contribution in [3.63, 3.8) is 0 Å². The lowest BCUT2D eigenvalue weighted by molar-refractivity contribution is -0.118. The van der Waals surface area contributed by atoms with E-state index in [-0.39, 0.29) is 6.04 Å². The van der Waals surface area contributed by atoms with Crippen LogP contribution in [0.1, 0.15) is 18.4 Å². The largest absolute Gasteiger partial charge is 0.346 e. The van der Waals surface area contributed by atoms with E-state index >= 15 is 0 Å². The van der Waals surface area contributed by atoms with Crippen LogP contribution in [-0.4, -0.2) is 30.9 Å². The van der Waals surface area contributed by atoms with Crippen LogP contribution in [0, 0.1) is 6.92 Å². The molecule has 0 spiro atoms. The van der Waals surface area contributed by atoms with E-state index in [9.17, 15) is 4.79 Å². The van der Waals surface area contributed by atoms with E-state index in [1.54, 1.807) is 0 Å². The highest BCUT2D eigenvalue weighted by Gasteiger charge is 2.28. The average Bonchev–Trinajstić information content (AvgIpc) is 2.92. The Balaban J connectivity index is 2.27. The van der Waals surface area contributed by atoms with Crippen LogP contribution >= 0.6 is 27.5 Å². The van der Waals surface area contributed by atoms with Gasteiger partial charge in [-0.1, -0.05) is 18.2 Å². The highest BCUT2D eigenvalue weighted by Crippen LogP contribution is 2.35. The summed E-state index contributed by atoms with van der Waals surface area (Å²) < 4.78 is 0.884. The number of anilines is 1. The molecule has 0 N–H and O–H groups in total. The summed E-state index contributed by atoms with van der Waals surface area (Å²) in [5, 5.41) is 0.709. The molecule has 0 aliphatic carbocycles. The minimum atomic E-state index is 0.0827. The molecule has 2 rings (SSSR count). The molecule has 1 unspecified atom stereocenters. The molecule has 108 valence electrons. The molecule has 1 amide bonds. The highest BCUT2D eigenvalue weighted by molar-refractivity contribution is 9.10. The van der Waals surface area contributed by atoms with Crippen LogP contribution < -0.4 is 4.90 Å². The number of carbonyl (C=O) groups is 1. The summed E-state index contributed by atoms with van der Waals surface area (Å²) in [7, 11) is 1.97. The maximum absolute atomic E-state index is 11.1. The molecule has 5 heteroatoms. The molecular formula is C15H18BrClN2O. The number of likely N-dealkylation sites (tertiary alicyclic amines) is 1. The number of halogens is 2. The molecule has 3 nitrogen and oxygen atoms in total. The Morgan fingerprint density at radius 2 is 2.30 bits per heavy atom. The molecule has 1 saturated heterocycles. The van der Waals surface area contributed by atoms with Gasteiger partial charge in [-0.25, -0.2) is 0 Å². The molecule has 1 aliphatic heterocycles. The van der Waals surface area contributed by atoms with Crippen LogP contribution in [0.2, 0.25) is 5.02 Å². The first-order valence-corrected chi connectivity index (χ1v) is 7.72. The number of benzene rings is 1. The fourth-order valence-corrected chi connectivity index (χ4v) is 3.25. The SMILES string of the molecule is C=C(C1CCCN1C=O)N(C)c1ccc(Br)c(Cl)c1C. The minimum absolute atomic E-state index is 0.0827. The molecule has 1 aromatic rings. The second-order valence-electron chi connectivity index (χ2n) is 5.06. The van der Waals surface area contributed by atoms with Gasteiger partial charge in [0, 0.05) is 29.4 Å². The van der Waals surface area contributed by atoms with Crippen molar-refractivity contribution in [2.75, 3.05) is 18.5 Å². The lowest BCUT2D eigenvalue weighted by Gasteiger charge is -2.31. The molecule has 1 aliphatic rings. The number of rotatable bonds is 4. The number of nitrogens with zero attached hydrogens (tertiary/aromatic N) is 2. The van der Waals surface area contributed by atoms with Gasteiger partial charge in [-0.15, -0.1) is 0 Å². The van der Waals surface area contributed by atoms with Crippen molar-refractivity contribution in [2.45, 2.75) is 25.8 Å². The lowest BCUT2D eigenvalue weighted by Crippen LogP contribution is -2.35. The molecule has 0 saturated carbocycles. The second kappa shape index (κ2) is 6.19. The minimum Gasteiger partial charge on any atom is -0.346 e. The Labute approximate surface area is 133 Å². The van der Waals surface area contributed by atoms with Crippen LogP contribution in [0.3, 0.4) is 0 Å². The van der Waals surface area contributed by atoms with Gasteiger partial charge in [0.05, 0.1) is 11.1 Å². The quantitative estimate of drug-likeness (QED) is 0.761. The van der Waals surface area contributed by atoms with E-state index in [1.165, 1.54) is 0 Å². The predicted octanol–water partition coefficient (Wildman–Crippen LogP) is 3.98. The smallest absolute Gasteiger partial charge is 0.210 e. The molecule has 1 atom stereocenters. The summed E-state index contributed by atoms with van der Waals surface area (Å²) in [6.45, 7) is 6.97. The monoisotopic (exact) mass is 356 g/mol. The Kier molecular flexibility index (Phi) is 4.76. The Bertz CT molecular complexity index is 547. The van der Waals surface area contributed by atoms with Gasteiger partial charge < -0.3 is 9.80 Å². The molecule has 0 radical (unpaired) electrons. The van der Waals surface area contributed by atoms with Crippen LogP contribution in [-0.2, 0) is 4.79 Å². The molecule has 1 fully saturated rings. The number of carbonyl (C=O) groups excluding carboxylic acids is 1. The second-order valence-corrected chi connectivity index (χ2v) is 6.29. The van der Waals surface area contributed by atoms with E-state index in [0.29, 0.717) is 5.02 Å². The van der Waals surface area contributed by atoms with Crippen LogP contribution in [0.5, 0.6) is 0 Å². The molecule has 20 heavy (non-hydrogen) atoms. The van der Waals surface area contributed by atoms with E-state index in [4.69, 9.17) is 11.6 Å². The number of hydrogen-bond acceptors (Lipinski definition) is 2. The number of hydrogen-bond donors (Lipinski definition) is 0. The van der Waals surface area contributed by atoms with Crippen molar-refractivity contribution in [3.8, 4) is 0 Å². The maximum Gasteiger partial charge on any atom is 0.210 e. The van der Waals surface area contributed by atoms with Gasteiger partial charge >= 0.3 is 0 Å². The van der Waals surface area contributed by atoms with E-state index in [1.807, 2.05) is 35.9 Å². The van der Waals surface area contributed by atoms with E-state index < -0.39 is 0 Å². The zero-order chi connectivity index (χ0) is 14.9. The first-order chi connectivity index (χ1) is 9.47. The normalized spacial score (nSPS) is 18.2. The fourth-order valence-electron chi connectivity index (χ4n) is 2.66.